The number of hydrogen-bond donors (Lipinski definition) is 3. The van der Waals surface area contributed by atoms with Gasteiger partial charge in [-0.3, -0.25) is 4.79 Å². The molecule has 1 unspecified atom stereocenters. The van der Waals surface area contributed by atoms with Gasteiger partial charge >= 0.3 is 0 Å². The minimum absolute atomic E-state index is 0.0376. The number of nitrogens with two attached hydrogens (primary N) is 1. The van der Waals surface area contributed by atoms with Crippen LogP contribution in [0.2, 0.25) is 5.02 Å². The summed E-state index contributed by atoms with van der Waals surface area (Å²) in [6, 6.07) is 4.27. The van der Waals surface area contributed by atoms with Gasteiger partial charge in [0.05, 0.1) is 16.6 Å². The molecule has 0 aliphatic heterocycles. The van der Waals surface area contributed by atoms with E-state index >= 15 is 0 Å². The number of halogens is 2. The molecule has 0 aliphatic carbocycles. The van der Waals surface area contributed by atoms with Crippen LogP contribution in [0.25, 0.3) is 0 Å². The van der Waals surface area contributed by atoms with Crippen molar-refractivity contribution >= 4 is 29.0 Å². The van der Waals surface area contributed by atoms with Crippen LogP contribution in [0.4, 0.5) is 10.1 Å². The highest BCUT2D eigenvalue weighted by Crippen LogP contribution is 2.23. The zero-order valence-corrected chi connectivity index (χ0v) is 11.1. The molecule has 1 rings (SSSR count). The molecule has 5 nitrogen and oxygen atoms in total. The Balaban J connectivity index is 2.90. The molecule has 19 heavy (non-hydrogen) atoms. The molecule has 0 saturated carbocycles. The number of oxime groups is 1. The Morgan fingerprint density at radius 2 is 2.32 bits per heavy atom. The summed E-state index contributed by atoms with van der Waals surface area (Å²) < 4.78 is 13.6. The van der Waals surface area contributed by atoms with Gasteiger partial charge in [0.2, 0.25) is 5.91 Å². The van der Waals surface area contributed by atoms with Gasteiger partial charge in [0.15, 0.2) is 11.7 Å². The second-order valence-electron chi connectivity index (χ2n) is 3.96. The molecule has 0 bridgehead atoms. The first-order valence-electron chi connectivity index (χ1n) is 5.73. The van der Waals surface area contributed by atoms with Crippen LogP contribution in [0, 0.1) is 11.7 Å². The minimum atomic E-state index is -0.812. The fraction of sp³-hybridized carbons (Fsp3) is 0.333. The Labute approximate surface area is 115 Å². The monoisotopic (exact) mass is 287 g/mol. The van der Waals surface area contributed by atoms with E-state index in [4.69, 9.17) is 22.5 Å². The van der Waals surface area contributed by atoms with E-state index < -0.39 is 17.6 Å². The minimum Gasteiger partial charge on any atom is -0.409 e. The Morgan fingerprint density at radius 3 is 2.89 bits per heavy atom. The van der Waals surface area contributed by atoms with Crippen molar-refractivity contribution in [3.8, 4) is 0 Å². The van der Waals surface area contributed by atoms with Crippen molar-refractivity contribution in [3.05, 3.63) is 29.0 Å². The van der Waals surface area contributed by atoms with Gasteiger partial charge in [-0.05, 0) is 18.6 Å². The number of nitrogens with zero attached hydrogens (tertiary/aromatic N) is 1. The maximum absolute atomic E-state index is 13.6. The van der Waals surface area contributed by atoms with Gasteiger partial charge < -0.3 is 16.3 Å². The molecule has 0 aromatic heterocycles. The Morgan fingerprint density at radius 1 is 1.63 bits per heavy atom. The average molecular weight is 288 g/mol. The summed E-state index contributed by atoms with van der Waals surface area (Å²) in [5, 5.41) is 13.7. The lowest BCUT2D eigenvalue weighted by molar-refractivity contribution is -0.118. The molecule has 1 aromatic carbocycles. The molecular formula is C12H15ClFN3O2. The zero-order chi connectivity index (χ0) is 14.4. The summed E-state index contributed by atoms with van der Waals surface area (Å²) in [6.07, 6.45) is 1.05. The van der Waals surface area contributed by atoms with Gasteiger partial charge in [0.25, 0.3) is 0 Å². The van der Waals surface area contributed by atoms with E-state index in [1.54, 1.807) is 0 Å². The maximum atomic E-state index is 13.6. The lowest BCUT2D eigenvalue weighted by Gasteiger charge is -2.15. The first-order valence-corrected chi connectivity index (χ1v) is 6.11. The van der Waals surface area contributed by atoms with Crippen molar-refractivity contribution in [1.82, 2.24) is 0 Å². The largest absolute Gasteiger partial charge is 0.409 e. The van der Waals surface area contributed by atoms with Crippen molar-refractivity contribution < 1.29 is 14.4 Å². The lowest BCUT2D eigenvalue weighted by atomic mass is 10.0. The van der Waals surface area contributed by atoms with E-state index in [2.05, 4.69) is 10.5 Å². The number of anilines is 1. The predicted octanol–water partition coefficient (Wildman–Crippen LogP) is 2.58. The Bertz CT molecular complexity index is 494. The van der Waals surface area contributed by atoms with Crippen molar-refractivity contribution in [3.63, 3.8) is 0 Å². The summed E-state index contributed by atoms with van der Waals surface area (Å²) in [4.78, 5) is 12.0. The van der Waals surface area contributed by atoms with Gasteiger partial charge in [-0.2, -0.15) is 0 Å². The fourth-order valence-electron chi connectivity index (χ4n) is 1.59. The summed E-state index contributed by atoms with van der Waals surface area (Å²) in [7, 11) is 0. The third-order valence-electron chi connectivity index (χ3n) is 2.58. The SMILES string of the molecule is CCCC(C(=O)Nc1cccc(Cl)c1F)C(N)=NO. The number of benzene rings is 1. The topological polar surface area (TPSA) is 87.7 Å². The summed E-state index contributed by atoms with van der Waals surface area (Å²) in [5.41, 5.74) is 5.41. The van der Waals surface area contributed by atoms with Gasteiger partial charge in [0, 0.05) is 0 Å². The van der Waals surface area contributed by atoms with Crippen molar-refractivity contribution in [1.29, 1.82) is 0 Å². The molecule has 1 amide bonds. The van der Waals surface area contributed by atoms with Crippen LogP contribution in [0.1, 0.15) is 19.8 Å². The van der Waals surface area contributed by atoms with E-state index in [9.17, 15) is 9.18 Å². The second kappa shape index (κ2) is 6.94. The fourth-order valence-corrected chi connectivity index (χ4v) is 1.77. The van der Waals surface area contributed by atoms with Crippen LogP contribution < -0.4 is 11.1 Å². The highest BCUT2D eigenvalue weighted by atomic mass is 35.5. The summed E-state index contributed by atoms with van der Waals surface area (Å²) >= 11 is 5.61. The summed E-state index contributed by atoms with van der Waals surface area (Å²) in [6.45, 7) is 1.85. The first kappa shape index (κ1) is 15.2. The first-order chi connectivity index (χ1) is 9.01. The zero-order valence-electron chi connectivity index (χ0n) is 10.4. The molecule has 1 aromatic rings. The quantitative estimate of drug-likeness (QED) is 0.337. The third kappa shape index (κ3) is 3.82. The molecule has 0 radical (unpaired) electrons. The lowest BCUT2D eigenvalue weighted by Crippen LogP contribution is -2.34. The maximum Gasteiger partial charge on any atom is 0.235 e. The van der Waals surface area contributed by atoms with Gasteiger partial charge in [-0.25, -0.2) is 4.39 Å². The van der Waals surface area contributed by atoms with Gasteiger partial charge in [-0.1, -0.05) is 36.2 Å². The van der Waals surface area contributed by atoms with E-state index in [-0.39, 0.29) is 16.5 Å². The predicted molar refractivity (Wildman–Crippen MR) is 71.8 cm³/mol. The number of carbonyl (C=O) groups excluding carboxylic acids is 1. The second-order valence-corrected chi connectivity index (χ2v) is 4.36. The van der Waals surface area contributed by atoms with E-state index in [1.807, 2.05) is 6.92 Å². The van der Waals surface area contributed by atoms with Crippen LogP contribution >= 0.6 is 11.6 Å². The van der Waals surface area contributed by atoms with Crippen LogP contribution in [0.15, 0.2) is 23.4 Å². The molecule has 0 heterocycles. The van der Waals surface area contributed by atoms with Crippen molar-refractivity contribution in [2.75, 3.05) is 5.32 Å². The van der Waals surface area contributed by atoms with Gasteiger partial charge in [-0.15, -0.1) is 0 Å². The van der Waals surface area contributed by atoms with Crippen molar-refractivity contribution in [2.45, 2.75) is 19.8 Å². The molecule has 1 atom stereocenters. The normalized spacial score (nSPS) is 13.1. The van der Waals surface area contributed by atoms with Crippen molar-refractivity contribution in [2.24, 2.45) is 16.8 Å². The molecule has 0 spiro atoms. The van der Waals surface area contributed by atoms with Gasteiger partial charge in [0.1, 0.15) is 0 Å². The molecule has 0 fully saturated rings. The number of amides is 1. The number of amidine groups is 1. The molecule has 7 heteroatoms. The third-order valence-corrected chi connectivity index (χ3v) is 2.87. The van der Waals surface area contributed by atoms with E-state index in [1.165, 1.54) is 18.2 Å². The Kier molecular flexibility index (Phi) is 5.57. The Hall–Kier alpha value is -1.82. The molecule has 0 aliphatic rings. The highest BCUT2D eigenvalue weighted by molar-refractivity contribution is 6.31. The average Bonchev–Trinajstić information content (AvgIpc) is 2.40. The van der Waals surface area contributed by atoms with Crippen LogP contribution in [0.5, 0.6) is 0 Å². The number of rotatable bonds is 5. The molecular weight excluding hydrogens is 273 g/mol. The number of carbonyl (C=O) groups is 1. The smallest absolute Gasteiger partial charge is 0.235 e. The van der Waals surface area contributed by atoms with Crippen LogP contribution in [-0.2, 0) is 4.79 Å². The van der Waals surface area contributed by atoms with Crippen LogP contribution in [0.3, 0.4) is 0 Å². The number of hydrogen-bond acceptors (Lipinski definition) is 3. The standard InChI is InChI=1S/C12H15ClFN3O2/c1-2-4-7(11(15)17-19)12(18)16-9-6-3-5-8(13)10(9)14/h3,5-7,19H,2,4H2,1H3,(H2,15,17)(H,16,18). The van der Waals surface area contributed by atoms with Crippen LogP contribution in [-0.4, -0.2) is 17.0 Å². The van der Waals surface area contributed by atoms with E-state index in [0.717, 1.165) is 0 Å². The van der Waals surface area contributed by atoms with E-state index in [0.29, 0.717) is 12.8 Å². The summed E-state index contributed by atoms with van der Waals surface area (Å²) in [5.74, 6) is -2.28. The molecule has 4 N–H and O–H groups in total. The number of nitrogens with one attached hydrogen (secondary N) is 1. The molecule has 0 saturated heterocycles. The molecule has 104 valence electrons. The highest BCUT2D eigenvalue weighted by Gasteiger charge is 2.23.